The van der Waals surface area contributed by atoms with Gasteiger partial charge in [-0.3, -0.25) is 4.98 Å². The Morgan fingerprint density at radius 3 is 3.20 bits per heavy atom. The summed E-state index contributed by atoms with van der Waals surface area (Å²) in [5.74, 6) is 0. The highest BCUT2D eigenvalue weighted by Gasteiger charge is 2.28. The lowest BCUT2D eigenvalue weighted by Crippen LogP contribution is -2.42. The number of ether oxygens (including phenoxy) is 1. The van der Waals surface area contributed by atoms with Crippen LogP contribution >= 0.6 is 0 Å². The number of aromatic nitrogens is 1. The molecule has 0 amide bonds. The Bertz CT molecular complexity index is 334. The second-order valence-electron chi connectivity index (χ2n) is 4.26. The quantitative estimate of drug-likeness (QED) is 0.774. The number of rotatable bonds is 3. The predicted molar refractivity (Wildman–Crippen MR) is 59.3 cm³/mol. The van der Waals surface area contributed by atoms with Gasteiger partial charge in [0, 0.05) is 24.9 Å². The van der Waals surface area contributed by atoms with Gasteiger partial charge in [0.15, 0.2) is 0 Å². The van der Waals surface area contributed by atoms with Crippen LogP contribution in [0, 0.1) is 0 Å². The molecule has 1 saturated heterocycles. The van der Waals surface area contributed by atoms with Crippen LogP contribution in [-0.4, -0.2) is 23.7 Å². The third-order valence-corrected chi connectivity index (χ3v) is 2.83. The van der Waals surface area contributed by atoms with Gasteiger partial charge in [0.25, 0.3) is 0 Å². The standard InChI is InChI=1S/C11H17N3O/c1-11(4-6-15-8-11)14-7-10-9(12)3-2-5-13-10/h2-3,5,14H,4,6-8,12H2,1H3. The van der Waals surface area contributed by atoms with Gasteiger partial charge in [0.1, 0.15) is 0 Å². The van der Waals surface area contributed by atoms with Crippen molar-refractivity contribution in [2.24, 2.45) is 0 Å². The van der Waals surface area contributed by atoms with Crippen LogP contribution in [0.25, 0.3) is 0 Å². The van der Waals surface area contributed by atoms with E-state index in [4.69, 9.17) is 10.5 Å². The third-order valence-electron chi connectivity index (χ3n) is 2.83. The van der Waals surface area contributed by atoms with E-state index in [2.05, 4.69) is 17.2 Å². The number of nitrogens with one attached hydrogen (secondary N) is 1. The Hall–Kier alpha value is -1.13. The van der Waals surface area contributed by atoms with Crippen LogP contribution in [0.2, 0.25) is 0 Å². The van der Waals surface area contributed by atoms with E-state index < -0.39 is 0 Å². The molecule has 3 N–H and O–H groups in total. The summed E-state index contributed by atoms with van der Waals surface area (Å²) in [5, 5.41) is 3.45. The van der Waals surface area contributed by atoms with Gasteiger partial charge in [-0.15, -0.1) is 0 Å². The predicted octanol–water partition coefficient (Wildman–Crippen LogP) is 0.932. The first-order chi connectivity index (χ1) is 7.20. The van der Waals surface area contributed by atoms with Crippen molar-refractivity contribution in [2.45, 2.75) is 25.4 Å². The summed E-state index contributed by atoms with van der Waals surface area (Å²) >= 11 is 0. The molecule has 0 bridgehead atoms. The fraction of sp³-hybridized carbons (Fsp3) is 0.545. The maximum atomic E-state index is 5.81. The third kappa shape index (κ3) is 2.46. The van der Waals surface area contributed by atoms with Crippen molar-refractivity contribution >= 4 is 5.69 Å². The molecule has 1 aromatic heterocycles. The van der Waals surface area contributed by atoms with Gasteiger partial charge in [-0.2, -0.15) is 0 Å². The lowest BCUT2D eigenvalue weighted by Gasteiger charge is -2.23. The highest BCUT2D eigenvalue weighted by atomic mass is 16.5. The van der Waals surface area contributed by atoms with Crippen LogP contribution in [0.5, 0.6) is 0 Å². The van der Waals surface area contributed by atoms with Crippen molar-refractivity contribution in [3.8, 4) is 0 Å². The fourth-order valence-electron chi connectivity index (χ4n) is 1.70. The van der Waals surface area contributed by atoms with Gasteiger partial charge >= 0.3 is 0 Å². The molecule has 1 atom stereocenters. The number of hydrogen-bond donors (Lipinski definition) is 2. The summed E-state index contributed by atoms with van der Waals surface area (Å²) < 4.78 is 5.36. The molecule has 82 valence electrons. The Morgan fingerprint density at radius 2 is 2.53 bits per heavy atom. The number of hydrogen-bond acceptors (Lipinski definition) is 4. The molecule has 0 aliphatic carbocycles. The molecule has 1 aliphatic rings. The van der Waals surface area contributed by atoms with Crippen molar-refractivity contribution in [3.05, 3.63) is 24.0 Å². The number of anilines is 1. The van der Waals surface area contributed by atoms with Crippen LogP contribution in [0.15, 0.2) is 18.3 Å². The minimum atomic E-state index is 0.0734. The van der Waals surface area contributed by atoms with E-state index in [1.807, 2.05) is 12.1 Å². The Labute approximate surface area is 89.8 Å². The van der Waals surface area contributed by atoms with E-state index in [1.165, 1.54) is 0 Å². The van der Waals surface area contributed by atoms with Gasteiger partial charge < -0.3 is 15.8 Å². The second-order valence-corrected chi connectivity index (χ2v) is 4.26. The Kier molecular flexibility index (Phi) is 2.88. The van der Waals surface area contributed by atoms with Crippen molar-refractivity contribution < 1.29 is 4.74 Å². The van der Waals surface area contributed by atoms with Crippen molar-refractivity contribution in [2.75, 3.05) is 18.9 Å². The molecule has 15 heavy (non-hydrogen) atoms. The van der Waals surface area contributed by atoms with E-state index >= 15 is 0 Å². The van der Waals surface area contributed by atoms with E-state index in [-0.39, 0.29) is 5.54 Å². The number of nitrogens with zero attached hydrogens (tertiary/aromatic N) is 1. The summed E-state index contributed by atoms with van der Waals surface area (Å²) in [5.41, 5.74) is 7.54. The highest BCUT2D eigenvalue weighted by molar-refractivity contribution is 5.41. The van der Waals surface area contributed by atoms with Gasteiger partial charge in [0.05, 0.1) is 18.0 Å². The summed E-state index contributed by atoms with van der Waals surface area (Å²) in [6, 6.07) is 3.72. The summed E-state index contributed by atoms with van der Waals surface area (Å²) in [6.45, 7) is 4.46. The van der Waals surface area contributed by atoms with E-state index in [1.54, 1.807) is 6.20 Å². The van der Waals surface area contributed by atoms with Gasteiger partial charge in [-0.1, -0.05) is 0 Å². The molecule has 1 unspecified atom stereocenters. The Morgan fingerprint density at radius 1 is 1.67 bits per heavy atom. The molecular formula is C11H17N3O. The minimum absolute atomic E-state index is 0.0734. The summed E-state index contributed by atoms with van der Waals surface area (Å²) in [7, 11) is 0. The van der Waals surface area contributed by atoms with Crippen LogP contribution in [-0.2, 0) is 11.3 Å². The maximum Gasteiger partial charge on any atom is 0.0770 e. The molecule has 1 aromatic rings. The first-order valence-electron chi connectivity index (χ1n) is 5.22. The average molecular weight is 207 g/mol. The molecule has 0 saturated carbocycles. The molecule has 1 fully saturated rings. The first kappa shape index (κ1) is 10.4. The topological polar surface area (TPSA) is 60.2 Å². The molecule has 1 aliphatic heterocycles. The molecule has 4 nitrogen and oxygen atoms in total. The molecule has 0 aromatic carbocycles. The largest absolute Gasteiger partial charge is 0.397 e. The zero-order chi connectivity index (χ0) is 10.7. The summed E-state index contributed by atoms with van der Waals surface area (Å²) in [6.07, 6.45) is 2.81. The smallest absolute Gasteiger partial charge is 0.0770 e. The number of nitrogens with two attached hydrogens (primary N) is 1. The summed E-state index contributed by atoms with van der Waals surface area (Å²) in [4.78, 5) is 4.24. The zero-order valence-corrected chi connectivity index (χ0v) is 8.99. The maximum absolute atomic E-state index is 5.81. The Balaban J connectivity index is 1.95. The van der Waals surface area contributed by atoms with Gasteiger partial charge in [0.2, 0.25) is 0 Å². The molecule has 2 heterocycles. The lowest BCUT2D eigenvalue weighted by atomic mass is 10.0. The van der Waals surface area contributed by atoms with Crippen LogP contribution < -0.4 is 11.1 Å². The lowest BCUT2D eigenvalue weighted by molar-refractivity contribution is 0.171. The van der Waals surface area contributed by atoms with Crippen LogP contribution in [0.4, 0.5) is 5.69 Å². The van der Waals surface area contributed by atoms with Crippen LogP contribution in [0.1, 0.15) is 19.0 Å². The molecular weight excluding hydrogens is 190 g/mol. The molecule has 2 rings (SSSR count). The monoisotopic (exact) mass is 207 g/mol. The number of pyridine rings is 1. The van der Waals surface area contributed by atoms with Crippen molar-refractivity contribution in [1.29, 1.82) is 0 Å². The highest BCUT2D eigenvalue weighted by Crippen LogP contribution is 2.18. The number of nitrogen functional groups attached to an aromatic ring is 1. The van der Waals surface area contributed by atoms with Gasteiger partial charge in [-0.25, -0.2) is 0 Å². The second kappa shape index (κ2) is 4.16. The average Bonchev–Trinajstić information content (AvgIpc) is 2.65. The van der Waals surface area contributed by atoms with E-state index in [0.717, 1.165) is 31.0 Å². The zero-order valence-electron chi connectivity index (χ0n) is 8.99. The van der Waals surface area contributed by atoms with Crippen molar-refractivity contribution in [1.82, 2.24) is 10.3 Å². The fourth-order valence-corrected chi connectivity index (χ4v) is 1.70. The first-order valence-corrected chi connectivity index (χ1v) is 5.22. The molecule has 0 radical (unpaired) electrons. The van der Waals surface area contributed by atoms with E-state index in [9.17, 15) is 0 Å². The van der Waals surface area contributed by atoms with Crippen LogP contribution in [0.3, 0.4) is 0 Å². The van der Waals surface area contributed by atoms with Gasteiger partial charge in [-0.05, 0) is 25.5 Å². The van der Waals surface area contributed by atoms with E-state index in [0.29, 0.717) is 6.54 Å². The minimum Gasteiger partial charge on any atom is -0.397 e. The molecule has 0 spiro atoms. The SMILES string of the molecule is CC1(NCc2ncccc2N)CCOC1. The normalized spacial score (nSPS) is 25.7. The van der Waals surface area contributed by atoms with Crippen molar-refractivity contribution in [3.63, 3.8) is 0 Å². The molecule has 4 heteroatoms.